The number of unbranched alkanes of at least 4 members (excludes halogenated alkanes) is 3. The largest absolute Gasteiger partial charge is 1.00 e. The highest BCUT2D eigenvalue weighted by atomic mass is 35.5. The number of nitrogens with one attached hydrogen (secondary N) is 1. The van der Waals surface area contributed by atoms with Crippen molar-refractivity contribution in [2.45, 2.75) is 86.0 Å². The molecule has 0 radical (unpaired) electrons. The van der Waals surface area contributed by atoms with Crippen molar-refractivity contribution < 1.29 is 37.1 Å². The predicted molar refractivity (Wildman–Crippen MR) is 168 cm³/mol. The Labute approximate surface area is 253 Å². The minimum atomic E-state index is -0.0726. The standard InChI is InChI=1S/C17H36N2O4S.C8H16.C6H12.ClH/c1-3-16(17(20)19-8-10-22-12-11-21-2)15-23-9-5-4-6-13-24-14-7-18;1-4-5-6-7-8(2)3;1-4-5-6(2)3;/h16H,3-15,18H2,1-2H3,(H,19,20);4,8H,1,5-7H2,2-3H3;4,6H,1,5H2,2-3H3;1H/t16-;;;/m0.../s1. The minimum absolute atomic E-state index is 0. The lowest BCUT2D eigenvalue weighted by molar-refractivity contribution is -0.360. The van der Waals surface area contributed by atoms with Crippen LogP contribution in [-0.2, 0) is 19.0 Å². The second-order valence-electron chi connectivity index (χ2n) is 10.1. The number of allylic oxidation sites excluding steroid dienone is 2. The topological polar surface area (TPSA) is 84.4 Å². The molecule has 0 aliphatic carbocycles. The van der Waals surface area contributed by atoms with Gasteiger partial charge in [0.2, 0.25) is 5.91 Å². The van der Waals surface area contributed by atoms with Gasteiger partial charge in [-0.25, -0.2) is 0 Å². The quantitative estimate of drug-likeness (QED) is 0.132. The third kappa shape index (κ3) is 44.7. The Balaban J connectivity index is -0.000000334. The first-order chi connectivity index (χ1) is 18.3. The molecule has 0 saturated heterocycles. The van der Waals surface area contributed by atoms with Crippen molar-refractivity contribution in [2.75, 3.05) is 64.7 Å². The zero-order valence-corrected chi connectivity index (χ0v) is 28.0. The van der Waals surface area contributed by atoms with Crippen LogP contribution in [0.1, 0.15) is 86.0 Å². The fraction of sp³-hybridized carbons (Fsp3) is 0.839. The second-order valence-corrected chi connectivity index (χ2v) is 11.4. The van der Waals surface area contributed by atoms with Crippen LogP contribution in [0.15, 0.2) is 25.3 Å². The summed E-state index contributed by atoms with van der Waals surface area (Å²) in [5.74, 6) is 3.98. The summed E-state index contributed by atoms with van der Waals surface area (Å²) in [6, 6.07) is 0. The average Bonchev–Trinajstić information content (AvgIpc) is 2.88. The molecule has 1 atom stereocenters. The zero-order chi connectivity index (χ0) is 29.3. The molecule has 0 heterocycles. The van der Waals surface area contributed by atoms with Gasteiger partial charge in [-0.1, -0.05) is 59.6 Å². The highest BCUT2D eigenvalue weighted by Crippen LogP contribution is 2.07. The summed E-state index contributed by atoms with van der Waals surface area (Å²) >= 11 is 1.97. The molecule has 0 bridgehead atoms. The monoisotopic (exact) mass is 596 g/mol. The fourth-order valence-electron chi connectivity index (χ4n) is 3.03. The van der Waals surface area contributed by atoms with E-state index in [0.29, 0.717) is 33.0 Å². The van der Waals surface area contributed by atoms with Crippen molar-refractivity contribution in [3.63, 3.8) is 0 Å². The van der Waals surface area contributed by atoms with Gasteiger partial charge >= 0.3 is 0 Å². The number of hydrogen-bond acceptors (Lipinski definition) is 5. The Morgan fingerprint density at radius 3 is 2.15 bits per heavy atom. The molecule has 0 aliphatic heterocycles. The van der Waals surface area contributed by atoms with Crippen LogP contribution in [0, 0.1) is 17.8 Å². The highest BCUT2D eigenvalue weighted by molar-refractivity contribution is 7.99. The van der Waals surface area contributed by atoms with Gasteiger partial charge in [0.05, 0.1) is 38.9 Å². The van der Waals surface area contributed by atoms with Crippen LogP contribution in [-0.4, -0.2) is 70.6 Å². The first kappa shape index (κ1) is 45.4. The molecule has 0 aromatic carbocycles. The van der Waals surface area contributed by atoms with Gasteiger partial charge in [-0.3, -0.25) is 4.79 Å². The first-order valence-electron chi connectivity index (χ1n) is 14.8. The number of carbonyl (C=O) groups is 1. The Morgan fingerprint density at radius 1 is 0.923 bits per heavy atom. The first-order valence-corrected chi connectivity index (χ1v) is 16.0. The molecule has 0 spiro atoms. The van der Waals surface area contributed by atoms with E-state index in [1.807, 2.05) is 30.8 Å². The van der Waals surface area contributed by atoms with Gasteiger partial charge in [0.15, 0.2) is 0 Å². The van der Waals surface area contributed by atoms with Gasteiger partial charge in [-0.05, 0) is 56.1 Å². The van der Waals surface area contributed by atoms with E-state index in [-0.39, 0.29) is 24.2 Å². The second kappa shape index (κ2) is 39.6. The number of halogens is 1. The third-order valence-electron chi connectivity index (χ3n) is 5.35. The Morgan fingerprint density at radius 2 is 1.64 bits per heavy atom. The zero-order valence-electron chi connectivity index (χ0n) is 26.4. The molecule has 4 N–H and O–H groups in total. The molecule has 0 fully saturated rings. The summed E-state index contributed by atoms with van der Waals surface area (Å²) in [5.41, 5.74) is 3.83. The van der Waals surface area contributed by atoms with Crippen molar-refractivity contribution in [1.29, 1.82) is 0 Å². The lowest BCUT2D eigenvalue weighted by Crippen LogP contribution is -3.00. The summed E-state index contributed by atoms with van der Waals surface area (Å²) in [5, 5.41) is 2.90. The van der Waals surface area contributed by atoms with Crippen molar-refractivity contribution in [3.8, 4) is 0 Å². The smallest absolute Gasteiger partial charge is 0.225 e. The lowest BCUT2D eigenvalue weighted by atomic mass is 10.1. The maximum Gasteiger partial charge on any atom is 0.225 e. The molecule has 6 nitrogen and oxygen atoms in total. The van der Waals surface area contributed by atoms with Gasteiger partial charge in [0.25, 0.3) is 0 Å². The molecule has 0 aromatic rings. The predicted octanol–water partition coefficient (Wildman–Crippen LogP) is 3.18. The Hall–Kier alpha value is -0.570. The van der Waals surface area contributed by atoms with Crippen molar-refractivity contribution >= 4 is 17.7 Å². The lowest BCUT2D eigenvalue weighted by Gasteiger charge is -2.15. The Bertz CT molecular complexity index is 497. The van der Waals surface area contributed by atoms with Gasteiger partial charge < -0.3 is 37.7 Å². The molecule has 0 rings (SSSR count). The SMILES string of the molecule is C=CCC(C)C.C=CCCCC(C)C.CC[C@@H](COCCCCCSCC[NH3+])C(=O)NCCOCCOC.[Cl-]. The van der Waals surface area contributed by atoms with E-state index >= 15 is 0 Å². The maximum absolute atomic E-state index is 12.1. The van der Waals surface area contributed by atoms with E-state index in [1.165, 1.54) is 37.9 Å². The van der Waals surface area contributed by atoms with Gasteiger partial charge in [0.1, 0.15) is 0 Å². The molecule has 39 heavy (non-hydrogen) atoms. The molecule has 0 saturated carbocycles. The number of thioether (sulfide) groups is 1. The van der Waals surface area contributed by atoms with Crippen LogP contribution in [0.25, 0.3) is 0 Å². The van der Waals surface area contributed by atoms with Crippen molar-refractivity contribution in [1.82, 2.24) is 5.32 Å². The number of amides is 1. The molecule has 236 valence electrons. The summed E-state index contributed by atoms with van der Waals surface area (Å²) in [4.78, 5) is 12.1. The molecule has 8 heteroatoms. The normalized spacial score (nSPS) is 11.0. The Kier molecular flexibility index (Phi) is 46.1. The van der Waals surface area contributed by atoms with E-state index < -0.39 is 0 Å². The average molecular weight is 597 g/mol. The molecular weight excluding hydrogens is 532 g/mol. The van der Waals surface area contributed by atoms with Gasteiger partial charge in [-0.15, -0.1) is 13.2 Å². The summed E-state index contributed by atoms with van der Waals surface area (Å²) in [6.07, 6.45) is 13.2. The summed E-state index contributed by atoms with van der Waals surface area (Å²) in [7, 11) is 1.64. The number of carbonyl (C=O) groups excluding carboxylic acids is 1. The van der Waals surface area contributed by atoms with Crippen LogP contribution >= 0.6 is 11.8 Å². The highest BCUT2D eigenvalue weighted by Gasteiger charge is 2.15. The summed E-state index contributed by atoms with van der Waals surface area (Å²) < 4.78 is 15.9. The molecule has 0 aliphatic rings. The number of ether oxygens (including phenoxy) is 3. The number of methoxy groups -OCH3 is 1. The molecule has 0 unspecified atom stereocenters. The number of quaternary nitrogens is 1. The van der Waals surface area contributed by atoms with E-state index in [9.17, 15) is 4.79 Å². The van der Waals surface area contributed by atoms with Crippen LogP contribution in [0.3, 0.4) is 0 Å². The van der Waals surface area contributed by atoms with Crippen LogP contribution in [0.4, 0.5) is 0 Å². The third-order valence-corrected chi connectivity index (χ3v) is 6.51. The maximum atomic E-state index is 12.1. The number of hydrogen-bond donors (Lipinski definition) is 2. The van der Waals surface area contributed by atoms with E-state index in [1.54, 1.807) is 7.11 Å². The van der Waals surface area contributed by atoms with Crippen LogP contribution in [0.5, 0.6) is 0 Å². The van der Waals surface area contributed by atoms with Crippen molar-refractivity contribution in [3.05, 3.63) is 25.3 Å². The molecular formula is C31H65ClN2O4S. The van der Waals surface area contributed by atoms with E-state index in [0.717, 1.165) is 50.0 Å². The fourth-order valence-corrected chi connectivity index (χ4v) is 3.85. The molecule has 0 aromatic heterocycles. The van der Waals surface area contributed by atoms with Crippen LogP contribution < -0.4 is 23.5 Å². The van der Waals surface area contributed by atoms with E-state index in [4.69, 9.17) is 14.2 Å². The minimum Gasteiger partial charge on any atom is -1.00 e. The van der Waals surface area contributed by atoms with Gasteiger partial charge in [-0.2, -0.15) is 11.8 Å². The van der Waals surface area contributed by atoms with Crippen LogP contribution in [0.2, 0.25) is 0 Å². The summed E-state index contributed by atoms with van der Waals surface area (Å²) in [6.45, 7) is 22.6. The van der Waals surface area contributed by atoms with Gasteiger partial charge in [0, 0.05) is 26.0 Å². The van der Waals surface area contributed by atoms with Crippen molar-refractivity contribution in [2.24, 2.45) is 17.8 Å². The van der Waals surface area contributed by atoms with E-state index in [2.05, 4.69) is 51.9 Å². The molecule has 1 amide bonds. The number of rotatable bonds is 24.